The van der Waals surface area contributed by atoms with Crippen molar-refractivity contribution in [3.63, 3.8) is 0 Å². The highest BCUT2D eigenvalue weighted by molar-refractivity contribution is 7.19. The van der Waals surface area contributed by atoms with Gasteiger partial charge in [-0.1, -0.05) is 0 Å². The number of rotatable bonds is 4. The summed E-state index contributed by atoms with van der Waals surface area (Å²) in [6, 6.07) is 7.84. The molecule has 1 N–H and O–H groups in total. The molecule has 88 valence electrons. The van der Waals surface area contributed by atoms with E-state index in [4.69, 9.17) is 15.1 Å². The summed E-state index contributed by atoms with van der Waals surface area (Å²) in [7, 11) is 0. The second kappa shape index (κ2) is 5.17. The molecule has 0 saturated carbocycles. The lowest BCUT2D eigenvalue weighted by atomic mass is 10.1. The first-order chi connectivity index (χ1) is 8.26. The zero-order valence-corrected chi connectivity index (χ0v) is 10.4. The van der Waals surface area contributed by atoms with Crippen LogP contribution < -0.4 is 4.74 Å². The smallest absolute Gasteiger partial charge is 0.128 e. The lowest BCUT2D eigenvalue weighted by Crippen LogP contribution is -1.99. The van der Waals surface area contributed by atoms with Crippen molar-refractivity contribution in [2.24, 2.45) is 0 Å². The number of nitriles is 1. The van der Waals surface area contributed by atoms with Crippen molar-refractivity contribution in [1.29, 1.82) is 5.26 Å². The summed E-state index contributed by atoms with van der Waals surface area (Å²) in [6.45, 7) is 2.64. The molecule has 17 heavy (non-hydrogen) atoms. The molecule has 0 aliphatic rings. The highest BCUT2D eigenvalue weighted by Gasteiger charge is 2.09. The van der Waals surface area contributed by atoms with Crippen LogP contribution in [0.5, 0.6) is 5.75 Å². The number of benzene rings is 1. The first kappa shape index (κ1) is 11.9. The number of aliphatic hydroxyl groups is 1. The van der Waals surface area contributed by atoms with E-state index in [0.29, 0.717) is 18.6 Å². The Hall–Kier alpha value is -1.57. The van der Waals surface area contributed by atoms with Crippen LogP contribution >= 0.6 is 11.3 Å². The van der Waals surface area contributed by atoms with Gasteiger partial charge in [0.05, 0.1) is 16.9 Å². The molecule has 0 atom stereocenters. The number of ether oxygens (including phenoxy) is 1. The Morgan fingerprint density at radius 2 is 2.29 bits per heavy atom. The molecule has 0 radical (unpaired) electrons. The Balaban J connectivity index is 2.41. The molecule has 0 spiro atoms. The second-order valence-corrected chi connectivity index (χ2v) is 5.00. The molecule has 1 heterocycles. The fourth-order valence-electron chi connectivity index (χ4n) is 1.68. The van der Waals surface area contributed by atoms with Gasteiger partial charge in [-0.3, -0.25) is 0 Å². The number of hydrogen-bond donors (Lipinski definition) is 1. The van der Waals surface area contributed by atoms with Crippen LogP contribution in [0.3, 0.4) is 0 Å². The van der Waals surface area contributed by atoms with Crippen LogP contribution in [-0.2, 0) is 0 Å². The van der Waals surface area contributed by atoms with E-state index in [0.717, 1.165) is 20.7 Å². The molecule has 1 aromatic heterocycles. The predicted molar refractivity (Wildman–Crippen MR) is 68.5 cm³/mol. The summed E-state index contributed by atoms with van der Waals surface area (Å²) in [5, 5.41) is 18.7. The van der Waals surface area contributed by atoms with Crippen molar-refractivity contribution in [2.45, 2.75) is 13.3 Å². The summed E-state index contributed by atoms with van der Waals surface area (Å²) in [5.41, 5.74) is 0.688. The van der Waals surface area contributed by atoms with Crippen molar-refractivity contribution < 1.29 is 9.84 Å². The van der Waals surface area contributed by atoms with Gasteiger partial charge < -0.3 is 9.84 Å². The van der Waals surface area contributed by atoms with Crippen molar-refractivity contribution in [3.05, 3.63) is 28.6 Å². The van der Waals surface area contributed by atoms with Gasteiger partial charge in [0.1, 0.15) is 11.8 Å². The van der Waals surface area contributed by atoms with Gasteiger partial charge in [-0.2, -0.15) is 5.26 Å². The fraction of sp³-hybridized carbons (Fsp3) is 0.308. The molecule has 0 saturated heterocycles. The van der Waals surface area contributed by atoms with Gasteiger partial charge in [-0.25, -0.2) is 0 Å². The maximum Gasteiger partial charge on any atom is 0.128 e. The average molecular weight is 247 g/mol. The lowest BCUT2D eigenvalue weighted by molar-refractivity contribution is 0.235. The van der Waals surface area contributed by atoms with Gasteiger partial charge >= 0.3 is 0 Å². The minimum absolute atomic E-state index is 0.127. The first-order valence-corrected chi connectivity index (χ1v) is 6.25. The third-order valence-electron chi connectivity index (χ3n) is 2.45. The van der Waals surface area contributed by atoms with Crippen molar-refractivity contribution in [3.8, 4) is 11.8 Å². The van der Waals surface area contributed by atoms with Crippen LogP contribution in [0.4, 0.5) is 0 Å². The van der Waals surface area contributed by atoms with Crippen molar-refractivity contribution >= 4 is 21.4 Å². The Labute approximate surface area is 104 Å². The van der Waals surface area contributed by atoms with Crippen LogP contribution in [0, 0.1) is 18.3 Å². The number of thiophene rings is 1. The van der Waals surface area contributed by atoms with E-state index >= 15 is 0 Å². The molecule has 4 heteroatoms. The summed E-state index contributed by atoms with van der Waals surface area (Å²) >= 11 is 1.60. The first-order valence-electron chi connectivity index (χ1n) is 5.43. The van der Waals surface area contributed by atoms with E-state index < -0.39 is 0 Å². The molecule has 0 fully saturated rings. The molecule has 2 aromatic rings. The maximum atomic E-state index is 9.03. The van der Waals surface area contributed by atoms with E-state index in [1.54, 1.807) is 17.4 Å². The third-order valence-corrected chi connectivity index (χ3v) is 3.53. The molecule has 0 unspecified atom stereocenters. The number of aliphatic hydroxyl groups excluding tert-OH is 1. The largest absolute Gasteiger partial charge is 0.493 e. The van der Waals surface area contributed by atoms with Gasteiger partial charge in [0.25, 0.3) is 0 Å². The normalized spacial score (nSPS) is 10.4. The van der Waals surface area contributed by atoms with Gasteiger partial charge in [-0.15, -0.1) is 11.3 Å². The minimum atomic E-state index is 0.127. The fourth-order valence-corrected chi connectivity index (χ4v) is 2.67. The summed E-state index contributed by atoms with van der Waals surface area (Å²) < 4.78 is 6.59. The Bertz CT molecular complexity index is 569. The van der Waals surface area contributed by atoms with Gasteiger partial charge in [0.15, 0.2) is 0 Å². The number of nitrogens with zero attached hydrogens (tertiary/aromatic N) is 1. The summed E-state index contributed by atoms with van der Waals surface area (Å²) in [6.07, 6.45) is 0.616. The molecule has 0 aliphatic carbocycles. The van der Waals surface area contributed by atoms with Crippen molar-refractivity contribution in [1.82, 2.24) is 0 Å². The zero-order valence-electron chi connectivity index (χ0n) is 9.56. The molecule has 1 aromatic carbocycles. The minimum Gasteiger partial charge on any atom is -0.493 e. The zero-order chi connectivity index (χ0) is 12.3. The highest BCUT2D eigenvalue weighted by Crippen LogP contribution is 2.35. The van der Waals surface area contributed by atoms with Crippen LogP contribution in [0.1, 0.15) is 16.9 Å². The van der Waals surface area contributed by atoms with E-state index in [1.165, 1.54) is 0 Å². The van der Waals surface area contributed by atoms with E-state index in [-0.39, 0.29) is 6.61 Å². The monoisotopic (exact) mass is 247 g/mol. The molecular formula is C13H13NO2S. The predicted octanol–water partition coefficient (Wildman–Crippen LogP) is 2.84. The van der Waals surface area contributed by atoms with Crippen LogP contribution in [0.25, 0.3) is 10.1 Å². The molecule has 0 bridgehead atoms. The van der Waals surface area contributed by atoms with Crippen LogP contribution in [0.2, 0.25) is 0 Å². The van der Waals surface area contributed by atoms with E-state index in [1.807, 2.05) is 19.1 Å². The van der Waals surface area contributed by atoms with Crippen LogP contribution in [0.15, 0.2) is 18.2 Å². The van der Waals surface area contributed by atoms with Gasteiger partial charge in [0, 0.05) is 23.3 Å². The van der Waals surface area contributed by atoms with E-state index in [2.05, 4.69) is 6.07 Å². The molecule has 0 amide bonds. The maximum absolute atomic E-state index is 9.03. The van der Waals surface area contributed by atoms with Gasteiger partial charge in [0.2, 0.25) is 0 Å². The molecule has 0 aliphatic heterocycles. The molecule has 3 nitrogen and oxygen atoms in total. The SMILES string of the molecule is Cc1cc2c(OCCCO)ccc(C#N)c2s1. The van der Waals surface area contributed by atoms with Crippen LogP contribution in [-0.4, -0.2) is 18.3 Å². The second-order valence-electron chi connectivity index (χ2n) is 3.75. The number of aryl methyl sites for hydroxylation is 1. The quantitative estimate of drug-likeness (QED) is 0.845. The summed E-state index contributed by atoms with van der Waals surface area (Å²) in [5.74, 6) is 0.789. The number of fused-ring (bicyclic) bond motifs is 1. The van der Waals surface area contributed by atoms with Crippen molar-refractivity contribution in [2.75, 3.05) is 13.2 Å². The Morgan fingerprint density at radius 1 is 1.47 bits per heavy atom. The summed E-state index contributed by atoms with van der Waals surface area (Å²) in [4.78, 5) is 1.16. The third kappa shape index (κ3) is 2.41. The average Bonchev–Trinajstić information content (AvgIpc) is 2.71. The Kier molecular flexibility index (Phi) is 3.62. The highest BCUT2D eigenvalue weighted by atomic mass is 32.1. The molecular weight excluding hydrogens is 234 g/mol. The van der Waals surface area contributed by atoms with Gasteiger partial charge in [-0.05, 0) is 25.1 Å². The molecule has 2 rings (SSSR count). The lowest BCUT2D eigenvalue weighted by Gasteiger charge is -2.06. The topological polar surface area (TPSA) is 53.2 Å². The number of hydrogen-bond acceptors (Lipinski definition) is 4. The Morgan fingerprint density at radius 3 is 3.00 bits per heavy atom. The standard InChI is InChI=1S/C13H13NO2S/c1-9-7-11-12(16-6-2-5-15)4-3-10(8-14)13(11)17-9/h3-4,7,15H,2,5-6H2,1H3. The van der Waals surface area contributed by atoms with E-state index in [9.17, 15) is 0 Å².